The van der Waals surface area contributed by atoms with E-state index in [2.05, 4.69) is 10.4 Å². The van der Waals surface area contributed by atoms with Gasteiger partial charge in [-0.05, 0) is 0 Å². The molecule has 1 aromatic rings. The minimum absolute atomic E-state index is 0.00515. The highest BCUT2D eigenvalue weighted by molar-refractivity contribution is 5.86. The Labute approximate surface area is 116 Å². The molecule has 0 bridgehead atoms. The van der Waals surface area contributed by atoms with Gasteiger partial charge in [0.15, 0.2) is 5.54 Å². The fourth-order valence-corrected chi connectivity index (χ4v) is 2.08. The van der Waals surface area contributed by atoms with E-state index in [1.54, 1.807) is 31.2 Å². The number of amides is 2. The van der Waals surface area contributed by atoms with Crippen LogP contribution >= 0.6 is 0 Å². The Morgan fingerprint density at radius 3 is 2.90 bits per heavy atom. The molecule has 1 unspecified atom stereocenters. The highest BCUT2D eigenvalue weighted by Crippen LogP contribution is 2.19. The van der Waals surface area contributed by atoms with Gasteiger partial charge in [-0.3, -0.25) is 4.68 Å². The molecule has 0 aromatic carbocycles. The molecule has 8 heteroatoms. The Balaban J connectivity index is 1.98. The largest absolute Gasteiger partial charge is 0.479 e. The molecule has 0 aliphatic carbocycles. The minimum Gasteiger partial charge on any atom is -0.479 e. The second-order valence-electron chi connectivity index (χ2n) is 5.00. The molecule has 2 rings (SSSR count). The van der Waals surface area contributed by atoms with Crippen molar-refractivity contribution in [3.63, 3.8) is 0 Å². The van der Waals surface area contributed by atoms with Gasteiger partial charge >= 0.3 is 12.0 Å². The summed E-state index contributed by atoms with van der Waals surface area (Å²) in [7, 11) is 3.40. The maximum atomic E-state index is 12.1. The Kier molecular flexibility index (Phi) is 3.93. The molecule has 0 spiro atoms. The van der Waals surface area contributed by atoms with E-state index >= 15 is 0 Å². The van der Waals surface area contributed by atoms with E-state index in [4.69, 9.17) is 4.74 Å². The number of rotatable bonds is 4. The van der Waals surface area contributed by atoms with Crippen LogP contribution < -0.4 is 5.32 Å². The van der Waals surface area contributed by atoms with Crippen molar-refractivity contribution < 1.29 is 19.4 Å². The average molecular weight is 282 g/mol. The van der Waals surface area contributed by atoms with Crippen LogP contribution in [-0.4, -0.2) is 57.6 Å². The van der Waals surface area contributed by atoms with E-state index in [-0.39, 0.29) is 13.0 Å². The van der Waals surface area contributed by atoms with Crippen molar-refractivity contribution in [2.24, 2.45) is 7.05 Å². The van der Waals surface area contributed by atoms with Crippen LogP contribution in [0.15, 0.2) is 12.4 Å². The molecule has 1 aliphatic rings. The molecule has 2 heterocycles. The van der Waals surface area contributed by atoms with Crippen LogP contribution in [0.3, 0.4) is 0 Å². The summed E-state index contributed by atoms with van der Waals surface area (Å²) in [4.78, 5) is 24.8. The minimum atomic E-state index is -1.32. The standard InChI is InChI=1S/C12H18N4O4/c1-15(6-9-5-13-16(2)7-9)11(19)14-12(10(17)18)3-4-20-8-12/h5,7H,3-4,6,8H2,1-2H3,(H,14,19)(H,17,18). The van der Waals surface area contributed by atoms with E-state index in [0.29, 0.717) is 13.2 Å². The normalized spacial score (nSPS) is 21.7. The summed E-state index contributed by atoms with van der Waals surface area (Å²) >= 11 is 0. The van der Waals surface area contributed by atoms with Crippen molar-refractivity contribution >= 4 is 12.0 Å². The SMILES string of the molecule is CN(Cc1cnn(C)c1)C(=O)NC1(C(=O)O)CCOC1. The number of carboxylic acid groups (broad SMARTS) is 1. The summed E-state index contributed by atoms with van der Waals surface area (Å²) in [6, 6.07) is -0.443. The molecule has 1 aliphatic heterocycles. The van der Waals surface area contributed by atoms with Gasteiger partial charge in [0.05, 0.1) is 19.3 Å². The van der Waals surface area contributed by atoms with Crippen LogP contribution in [-0.2, 0) is 23.1 Å². The van der Waals surface area contributed by atoms with Gasteiger partial charge in [-0.15, -0.1) is 0 Å². The zero-order chi connectivity index (χ0) is 14.8. The molecule has 2 amide bonds. The highest BCUT2D eigenvalue weighted by Gasteiger charge is 2.44. The van der Waals surface area contributed by atoms with Gasteiger partial charge in [0.1, 0.15) is 0 Å². The zero-order valence-corrected chi connectivity index (χ0v) is 11.5. The number of aromatic nitrogens is 2. The van der Waals surface area contributed by atoms with Crippen molar-refractivity contribution in [1.29, 1.82) is 0 Å². The van der Waals surface area contributed by atoms with Crippen molar-refractivity contribution in [2.75, 3.05) is 20.3 Å². The predicted molar refractivity (Wildman–Crippen MR) is 69.0 cm³/mol. The molecule has 2 N–H and O–H groups in total. The third-order valence-corrected chi connectivity index (χ3v) is 3.30. The summed E-state index contributed by atoms with van der Waals surface area (Å²) in [6.07, 6.45) is 3.74. The Morgan fingerprint density at radius 2 is 2.40 bits per heavy atom. The molecular formula is C12H18N4O4. The lowest BCUT2D eigenvalue weighted by atomic mass is 9.99. The van der Waals surface area contributed by atoms with Gasteiger partial charge in [-0.25, -0.2) is 9.59 Å². The molecular weight excluding hydrogens is 264 g/mol. The van der Waals surface area contributed by atoms with Crippen molar-refractivity contribution in [2.45, 2.75) is 18.5 Å². The van der Waals surface area contributed by atoms with Gasteiger partial charge in [-0.1, -0.05) is 0 Å². The highest BCUT2D eigenvalue weighted by atomic mass is 16.5. The fraction of sp³-hybridized carbons (Fsp3) is 0.583. The van der Waals surface area contributed by atoms with Gasteiger partial charge in [0.25, 0.3) is 0 Å². The molecule has 8 nitrogen and oxygen atoms in total. The van der Waals surface area contributed by atoms with E-state index in [9.17, 15) is 14.7 Å². The second-order valence-corrected chi connectivity index (χ2v) is 5.00. The number of ether oxygens (including phenoxy) is 1. The molecule has 1 fully saturated rings. The number of carbonyl (C=O) groups excluding carboxylic acids is 1. The van der Waals surface area contributed by atoms with Crippen LogP contribution in [0.2, 0.25) is 0 Å². The third-order valence-electron chi connectivity index (χ3n) is 3.30. The monoisotopic (exact) mass is 282 g/mol. The molecule has 1 atom stereocenters. The Bertz CT molecular complexity index is 507. The predicted octanol–water partition coefficient (Wildman–Crippen LogP) is -0.195. The Morgan fingerprint density at radius 1 is 1.65 bits per heavy atom. The van der Waals surface area contributed by atoms with E-state index < -0.39 is 17.5 Å². The molecule has 110 valence electrons. The number of urea groups is 1. The van der Waals surface area contributed by atoms with Crippen LogP contribution in [0, 0.1) is 0 Å². The first-order valence-corrected chi connectivity index (χ1v) is 6.25. The van der Waals surface area contributed by atoms with Crippen LogP contribution in [0.25, 0.3) is 0 Å². The molecule has 0 saturated carbocycles. The summed E-state index contributed by atoms with van der Waals surface area (Å²) in [6.45, 7) is 0.684. The van der Waals surface area contributed by atoms with Gasteiger partial charge in [0, 0.05) is 38.9 Å². The lowest BCUT2D eigenvalue weighted by Crippen LogP contribution is -2.57. The van der Waals surface area contributed by atoms with Crippen molar-refractivity contribution in [3.05, 3.63) is 18.0 Å². The number of nitrogens with one attached hydrogen (secondary N) is 1. The Hall–Kier alpha value is -2.09. The first-order valence-electron chi connectivity index (χ1n) is 6.25. The number of aryl methyl sites for hydroxylation is 1. The quantitative estimate of drug-likeness (QED) is 0.797. The number of hydrogen-bond acceptors (Lipinski definition) is 4. The molecule has 1 aromatic heterocycles. The number of aliphatic carboxylic acids is 1. The van der Waals surface area contributed by atoms with Gasteiger partial charge in [0.2, 0.25) is 0 Å². The fourth-order valence-electron chi connectivity index (χ4n) is 2.08. The van der Waals surface area contributed by atoms with Crippen LogP contribution in [0.5, 0.6) is 0 Å². The topological polar surface area (TPSA) is 96.7 Å². The number of carbonyl (C=O) groups is 2. The smallest absolute Gasteiger partial charge is 0.332 e. The second kappa shape index (κ2) is 5.49. The van der Waals surface area contributed by atoms with Gasteiger partial charge in [-0.2, -0.15) is 5.10 Å². The molecule has 1 saturated heterocycles. The van der Waals surface area contributed by atoms with E-state index in [1.807, 2.05) is 0 Å². The summed E-state index contributed by atoms with van der Waals surface area (Å²) in [5, 5.41) is 15.8. The number of hydrogen-bond donors (Lipinski definition) is 2. The van der Waals surface area contributed by atoms with E-state index in [0.717, 1.165) is 5.56 Å². The number of nitrogens with zero attached hydrogens (tertiary/aromatic N) is 3. The average Bonchev–Trinajstić information content (AvgIpc) is 2.99. The first-order chi connectivity index (χ1) is 9.43. The van der Waals surface area contributed by atoms with Crippen molar-refractivity contribution in [3.8, 4) is 0 Å². The van der Waals surface area contributed by atoms with Crippen molar-refractivity contribution in [1.82, 2.24) is 20.0 Å². The van der Waals surface area contributed by atoms with Crippen LogP contribution in [0.4, 0.5) is 4.79 Å². The summed E-state index contributed by atoms with van der Waals surface area (Å²) in [5.41, 5.74) is -0.447. The lowest BCUT2D eigenvalue weighted by Gasteiger charge is -2.27. The lowest BCUT2D eigenvalue weighted by molar-refractivity contribution is -0.144. The third kappa shape index (κ3) is 2.90. The van der Waals surface area contributed by atoms with Crippen LogP contribution in [0.1, 0.15) is 12.0 Å². The summed E-state index contributed by atoms with van der Waals surface area (Å²) < 4.78 is 6.74. The maximum Gasteiger partial charge on any atom is 0.332 e. The summed E-state index contributed by atoms with van der Waals surface area (Å²) in [5.74, 6) is -1.07. The zero-order valence-electron chi connectivity index (χ0n) is 11.5. The van der Waals surface area contributed by atoms with E-state index in [1.165, 1.54) is 4.90 Å². The molecule has 20 heavy (non-hydrogen) atoms. The first kappa shape index (κ1) is 14.3. The number of carboxylic acids is 1. The molecule has 0 radical (unpaired) electrons. The van der Waals surface area contributed by atoms with Gasteiger partial charge < -0.3 is 20.1 Å². The maximum absolute atomic E-state index is 12.1.